The molecule has 0 saturated carbocycles. The van der Waals surface area contributed by atoms with Crippen LogP contribution in [0.3, 0.4) is 0 Å². The number of aliphatic hydroxyl groups excluding tert-OH is 1. The smallest absolute Gasteiger partial charge is 0.299 e. The van der Waals surface area contributed by atoms with Gasteiger partial charge < -0.3 is 10.1 Å². The number of rotatable bonds is 1. The van der Waals surface area contributed by atoms with E-state index < -0.39 is 0 Å². The van der Waals surface area contributed by atoms with E-state index >= 15 is 0 Å². The van der Waals surface area contributed by atoms with Crippen LogP contribution in [-0.2, 0) is 0 Å². The number of hydrogen-bond acceptors (Lipinski definition) is 2. The van der Waals surface area contributed by atoms with Crippen LogP contribution in [0.4, 0.5) is 0 Å². The summed E-state index contributed by atoms with van der Waals surface area (Å²) >= 11 is 0. The molecule has 2 unspecified atom stereocenters. The third-order valence-electron chi connectivity index (χ3n) is 3.01. The summed E-state index contributed by atoms with van der Waals surface area (Å²) in [5, 5.41) is 19.7. The van der Waals surface area contributed by atoms with E-state index in [2.05, 4.69) is 0 Å². The maximum absolute atomic E-state index is 9.83. The zero-order valence-electron chi connectivity index (χ0n) is 8.13. The maximum Gasteiger partial charge on any atom is 0.299 e. The number of benzene rings is 1. The highest BCUT2D eigenvalue weighted by Crippen LogP contribution is 2.31. The van der Waals surface area contributed by atoms with Gasteiger partial charge in [0.25, 0.3) is 6.92 Å². The molecule has 0 aliphatic carbocycles. The zero-order valence-corrected chi connectivity index (χ0v) is 8.13. The van der Waals surface area contributed by atoms with Gasteiger partial charge in [-0.2, -0.15) is 0 Å². The van der Waals surface area contributed by atoms with Crippen LogP contribution in [0.15, 0.2) is 30.3 Å². The minimum absolute atomic E-state index is 0.0926. The molecule has 1 aliphatic heterocycles. The van der Waals surface area contributed by atoms with Gasteiger partial charge in [0.15, 0.2) is 0 Å². The minimum Gasteiger partial charge on any atom is -0.450 e. The van der Waals surface area contributed by atoms with Crippen molar-refractivity contribution in [3.8, 4) is 0 Å². The Balaban J connectivity index is 2.23. The second kappa shape index (κ2) is 4.15. The van der Waals surface area contributed by atoms with Crippen molar-refractivity contribution in [1.82, 2.24) is 0 Å². The number of hydrogen-bond donors (Lipinski definition) is 2. The third-order valence-corrected chi connectivity index (χ3v) is 3.01. The van der Waals surface area contributed by atoms with Crippen molar-refractivity contribution in [2.75, 3.05) is 0 Å². The molecule has 0 aromatic heterocycles. The molecule has 2 N–H and O–H groups in total. The third kappa shape index (κ3) is 1.84. The molecule has 14 heavy (non-hydrogen) atoms. The highest BCUT2D eigenvalue weighted by atomic mass is 16.3. The highest BCUT2D eigenvalue weighted by molar-refractivity contribution is 6.52. The van der Waals surface area contributed by atoms with Crippen LogP contribution in [0, 0.1) is 0 Å². The fourth-order valence-corrected chi connectivity index (χ4v) is 2.27. The van der Waals surface area contributed by atoms with Gasteiger partial charge in [-0.15, -0.1) is 0 Å². The van der Waals surface area contributed by atoms with Crippen LogP contribution in [0.25, 0.3) is 0 Å². The summed E-state index contributed by atoms with van der Waals surface area (Å²) < 4.78 is 0. The molecule has 0 bridgehead atoms. The second-order valence-corrected chi connectivity index (χ2v) is 4.00. The first-order chi connectivity index (χ1) is 6.79. The minimum atomic E-state index is -0.388. The van der Waals surface area contributed by atoms with E-state index in [9.17, 15) is 10.1 Å². The van der Waals surface area contributed by atoms with Crippen molar-refractivity contribution in [3.05, 3.63) is 35.9 Å². The SMILES string of the molecule is OB1CCCC(O)C1c1ccccc1. The molecular weight excluding hydrogens is 175 g/mol. The number of aliphatic hydroxyl groups is 1. The maximum atomic E-state index is 9.83. The summed E-state index contributed by atoms with van der Waals surface area (Å²) in [5.41, 5.74) is 1.05. The van der Waals surface area contributed by atoms with Gasteiger partial charge in [-0.25, -0.2) is 0 Å². The largest absolute Gasteiger partial charge is 0.450 e. The lowest BCUT2D eigenvalue weighted by Crippen LogP contribution is -2.37. The lowest BCUT2D eigenvalue weighted by atomic mass is 9.46. The Morgan fingerprint density at radius 2 is 1.93 bits per heavy atom. The Kier molecular flexibility index (Phi) is 2.89. The molecule has 1 saturated heterocycles. The quantitative estimate of drug-likeness (QED) is 0.658. The molecule has 74 valence electrons. The molecular formula is C11H15BO2. The average molecular weight is 190 g/mol. The monoisotopic (exact) mass is 190 g/mol. The first kappa shape index (κ1) is 9.75. The molecule has 1 aromatic carbocycles. The molecule has 1 aromatic rings. The Hall–Kier alpha value is -0.795. The van der Waals surface area contributed by atoms with Crippen LogP contribution in [-0.4, -0.2) is 23.2 Å². The highest BCUT2D eigenvalue weighted by Gasteiger charge is 2.35. The summed E-state index contributed by atoms with van der Waals surface area (Å²) in [6.07, 6.45) is 2.14. The van der Waals surface area contributed by atoms with Gasteiger partial charge >= 0.3 is 0 Å². The fourth-order valence-electron chi connectivity index (χ4n) is 2.27. The van der Waals surface area contributed by atoms with E-state index in [1.165, 1.54) is 0 Å². The van der Waals surface area contributed by atoms with Gasteiger partial charge in [-0.1, -0.05) is 36.8 Å². The standard InChI is InChI=1S/C11H15BO2/c13-10-7-4-8-12(14)11(10)9-5-2-1-3-6-9/h1-3,5-6,10-11,13-14H,4,7-8H2. The average Bonchev–Trinajstić information content (AvgIpc) is 2.19. The van der Waals surface area contributed by atoms with Crippen molar-refractivity contribution in [3.63, 3.8) is 0 Å². The Morgan fingerprint density at radius 3 is 2.57 bits per heavy atom. The van der Waals surface area contributed by atoms with Crippen molar-refractivity contribution < 1.29 is 10.1 Å². The van der Waals surface area contributed by atoms with E-state index in [-0.39, 0.29) is 18.8 Å². The summed E-state index contributed by atoms with van der Waals surface area (Å²) in [6.45, 7) is -0.388. The molecule has 1 fully saturated rings. The summed E-state index contributed by atoms with van der Waals surface area (Å²) in [5.74, 6) is -0.0926. The first-order valence-corrected chi connectivity index (χ1v) is 5.20. The van der Waals surface area contributed by atoms with Gasteiger partial charge in [0.1, 0.15) is 0 Å². The first-order valence-electron chi connectivity index (χ1n) is 5.20. The lowest BCUT2D eigenvalue weighted by molar-refractivity contribution is 0.143. The normalized spacial score (nSPS) is 27.7. The van der Waals surface area contributed by atoms with Crippen molar-refractivity contribution >= 4 is 6.92 Å². The van der Waals surface area contributed by atoms with E-state index in [1.54, 1.807) is 0 Å². The lowest BCUT2D eigenvalue weighted by Gasteiger charge is -2.30. The van der Waals surface area contributed by atoms with Crippen molar-refractivity contribution in [2.24, 2.45) is 0 Å². The topological polar surface area (TPSA) is 40.5 Å². The van der Waals surface area contributed by atoms with Gasteiger partial charge in [-0.3, -0.25) is 0 Å². The molecule has 2 nitrogen and oxygen atoms in total. The summed E-state index contributed by atoms with van der Waals surface area (Å²) in [6, 6.07) is 9.79. The molecule has 1 aliphatic rings. The molecule has 2 atom stereocenters. The summed E-state index contributed by atoms with van der Waals surface area (Å²) in [7, 11) is 0. The van der Waals surface area contributed by atoms with Gasteiger partial charge in [0.05, 0.1) is 6.10 Å². The van der Waals surface area contributed by atoms with Crippen LogP contribution in [0.5, 0.6) is 0 Å². The Morgan fingerprint density at radius 1 is 1.21 bits per heavy atom. The second-order valence-electron chi connectivity index (χ2n) is 4.00. The zero-order chi connectivity index (χ0) is 9.97. The van der Waals surface area contributed by atoms with E-state index in [0.29, 0.717) is 0 Å². The molecule has 0 spiro atoms. The predicted octanol–water partition coefficient (Wildman–Crippen LogP) is 1.45. The Bertz CT molecular complexity index is 279. The molecule has 2 rings (SSSR count). The molecule has 0 amide bonds. The van der Waals surface area contributed by atoms with E-state index in [0.717, 1.165) is 24.7 Å². The molecule has 3 heteroatoms. The van der Waals surface area contributed by atoms with Crippen LogP contribution >= 0.6 is 0 Å². The van der Waals surface area contributed by atoms with Crippen LogP contribution in [0.1, 0.15) is 24.2 Å². The van der Waals surface area contributed by atoms with Crippen molar-refractivity contribution in [1.29, 1.82) is 0 Å². The molecule has 1 heterocycles. The van der Waals surface area contributed by atoms with Crippen LogP contribution < -0.4 is 0 Å². The van der Waals surface area contributed by atoms with E-state index in [4.69, 9.17) is 0 Å². The molecule has 0 radical (unpaired) electrons. The van der Waals surface area contributed by atoms with Gasteiger partial charge in [0, 0.05) is 5.82 Å². The summed E-state index contributed by atoms with van der Waals surface area (Å²) in [4.78, 5) is 0. The van der Waals surface area contributed by atoms with Gasteiger partial charge in [-0.05, 0) is 18.3 Å². The van der Waals surface area contributed by atoms with Gasteiger partial charge in [0.2, 0.25) is 0 Å². The van der Waals surface area contributed by atoms with Crippen molar-refractivity contribution in [2.45, 2.75) is 31.1 Å². The predicted molar refractivity (Wildman–Crippen MR) is 57.2 cm³/mol. The van der Waals surface area contributed by atoms with Crippen LogP contribution in [0.2, 0.25) is 6.32 Å². The Labute approximate surface area is 84.7 Å². The van der Waals surface area contributed by atoms with E-state index in [1.807, 2.05) is 30.3 Å². The fraction of sp³-hybridized carbons (Fsp3) is 0.455.